The molecule has 0 saturated carbocycles. The summed E-state index contributed by atoms with van der Waals surface area (Å²) >= 11 is 0. The van der Waals surface area contributed by atoms with Crippen molar-refractivity contribution in [2.24, 2.45) is 17.6 Å². The van der Waals surface area contributed by atoms with E-state index in [4.69, 9.17) is 11.5 Å². The zero-order valence-corrected chi connectivity index (χ0v) is 20.8. The van der Waals surface area contributed by atoms with Gasteiger partial charge in [-0.05, 0) is 86.6 Å². The van der Waals surface area contributed by atoms with E-state index in [1.807, 2.05) is 19.1 Å². The molecule has 1 aliphatic rings. The van der Waals surface area contributed by atoms with Crippen molar-refractivity contribution in [3.05, 3.63) is 59.0 Å². The van der Waals surface area contributed by atoms with Crippen molar-refractivity contribution in [2.75, 3.05) is 31.9 Å². The largest absolute Gasteiger partial charge is 0.384 e. The Bertz CT molecular complexity index is 748. The fourth-order valence-corrected chi connectivity index (χ4v) is 3.96. The Balaban J connectivity index is 0. The second-order valence-electron chi connectivity index (χ2n) is 7.59. The van der Waals surface area contributed by atoms with Gasteiger partial charge in [-0.25, -0.2) is 9.37 Å². The van der Waals surface area contributed by atoms with Crippen molar-refractivity contribution in [3.63, 3.8) is 0 Å². The molecule has 10 heteroatoms. The van der Waals surface area contributed by atoms with Crippen LogP contribution in [0, 0.1) is 24.6 Å². The number of nitrogens with zero attached hydrogens (tertiary/aromatic N) is 1. The number of halogens is 5. The number of benzene rings is 1. The molecule has 5 nitrogen and oxygen atoms in total. The van der Waals surface area contributed by atoms with Crippen molar-refractivity contribution in [3.8, 4) is 0 Å². The second kappa shape index (κ2) is 15.9. The van der Waals surface area contributed by atoms with E-state index in [2.05, 4.69) is 21.7 Å². The number of rotatable bonds is 8. The Kier molecular flexibility index (Phi) is 16.5. The lowest BCUT2D eigenvalue weighted by atomic mass is 9.86. The van der Waals surface area contributed by atoms with Gasteiger partial charge < -0.3 is 22.1 Å². The van der Waals surface area contributed by atoms with E-state index >= 15 is 0 Å². The monoisotopic (exact) mass is 515 g/mol. The van der Waals surface area contributed by atoms with Crippen LogP contribution < -0.4 is 22.1 Å². The van der Waals surface area contributed by atoms with Crippen LogP contribution in [-0.4, -0.2) is 37.2 Å². The molecule has 1 aromatic heterocycles. The highest BCUT2D eigenvalue weighted by molar-refractivity contribution is 5.86. The van der Waals surface area contributed by atoms with Crippen LogP contribution in [-0.2, 0) is 12.8 Å². The summed E-state index contributed by atoms with van der Waals surface area (Å²) in [5, 5.41) is 6.89. The van der Waals surface area contributed by atoms with Crippen LogP contribution in [0.15, 0.2) is 36.4 Å². The van der Waals surface area contributed by atoms with Crippen LogP contribution in [0.1, 0.15) is 16.8 Å². The Morgan fingerprint density at radius 2 is 1.90 bits per heavy atom. The molecule has 1 fully saturated rings. The standard InChI is InChI=1S/C21H30FN5.4ClH/c1-14-7-18(27-21(24)8-14)10-16-11-26-12-19(16)20(23)13-25-6-5-15-3-2-4-17(22)9-15;;;;/h2-4,7-9,16,19-20,25-26H,5-6,10-13,23H2,1H3,(H2,24,27);4*1H/t16-,19-,20?;;;;/m0..../s1. The topological polar surface area (TPSA) is 89.0 Å². The number of nitrogen functional groups attached to an aromatic ring is 1. The maximum absolute atomic E-state index is 13.2. The fourth-order valence-electron chi connectivity index (χ4n) is 3.96. The molecule has 2 heterocycles. The molecule has 0 bridgehead atoms. The first kappa shape index (κ1) is 32.3. The van der Waals surface area contributed by atoms with E-state index in [9.17, 15) is 4.39 Å². The predicted octanol–water partition coefficient (Wildman–Crippen LogP) is 3.34. The predicted molar refractivity (Wildman–Crippen MR) is 137 cm³/mol. The summed E-state index contributed by atoms with van der Waals surface area (Å²) in [4.78, 5) is 4.47. The third kappa shape index (κ3) is 10.1. The Morgan fingerprint density at radius 3 is 2.58 bits per heavy atom. The molecule has 31 heavy (non-hydrogen) atoms. The number of anilines is 1. The van der Waals surface area contributed by atoms with Crippen molar-refractivity contribution >= 4 is 55.4 Å². The molecule has 6 N–H and O–H groups in total. The van der Waals surface area contributed by atoms with Crippen LogP contribution >= 0.6 is 49.6 Å². The number of hydrogen-bond donors (Lipinski definition) is 4. The number of hydrogen-bond acceptors (Lipinski definition) is 5. The first-order valence-electron chi connectivity index (χ1n) is 9.66. The highest BCUT2D eigenvalue weighted by atomic mass is 35.5. The number of aromatic nitrogens is 1. The number of aryl methyl sites for hydroxylation is 1. The van der Waals surface area contributed by atoms with Crippen LogP contribution in [0.3, 0.4) is 0 Å². The third-order valence-electron chi connectivity index (χ3n) is 5.32. The molecule has 0 amide bonds. The van der Waals surface area contributed by atoms with Crippen molar-refractivity contribution in [1.29, 1.82) is 0 Å². The lowest BCUT2D eigenvalue weighted by molar-refractivity contribution is 0.336. The molecule has 3 rings (SSSR count). The van der Waals surface area contributed by atoms with Crippen LogP contribution in [0.2, 0.25) is 0 Å². The van der Waals surface area contributed by atoms with Crippen molar-refractivity contribution < 1.29 is 4.39 Å². The maximum Gasteiger partial charge on any atom is 0.123 e. The average Bonchev–Trinajstić information content (AvgIpc) is 3.06. The van der Waals surface area contributed by atoms with Gasteiger partial charge >= 0.3 is 0 Å². The zero-order chi connectivity index (χ0) is 19.2. The van der Waals surface area contributed by atoms with E-state index in [0.29, 0.717) is 17.7 Å². The maximum atomic E-state index is 13.2. The second-order valence-corrected chi connectivity index (χ2v) is 7.59. The smallest absolute Gasteiger partial charge is 0.123 e. The van der Waals surface area contributed by atoms with Gasteiger partial charge in [-0.2, -0.15) is 0 Å². The summed E-state index contributed by atoms with van der Waals surface area (Å²) in [5.41, 5.74) is 15.5. The summed E-state index contributed by atoms with van der Waals surface area (Å²) in [7, 11) is 0. The van der Waals surface area contributed by atoms with Crippen LogP contribution in [0.5, 0.6) is 0 Å². The molecule has 1 unspecified atom stereocenters. The average molecular weight is 517 g/mol. The van der Waals surface area contributed by atoms with Gasteiger partial charge in [-0.15, -0.1) is 49.6 Å². The quantitative estimate of drug-likeness (QED) is 0.404. The highest BCUT2D eigenvalue weighted by Crippen LogP contribution is 2.24. The molecular formula is C21H34Cl4FN5. The molecule has 1 saturated heterocycles. The van der Waals surface area contributed by atoms with Gasteiger partial charge in [-0.3, -0.25) is 0 Å². The molecule has 1 aromatic carbocycles. The minimum absolute atomic E-state index is 0. The Labute approximate surface area is 209 Å². The number of nitrogens with one attached hydrogen (secondary N) is 2. The SMILES string of the molecule is Cc1cc(N)nc(C[C@H]2CNC[C@@H]2C(N)CNCCc2cccc(F)c2)c1.Cl.Cl.Cl.Cl. The van der Waals surface area contributed by atoms with E-state index < -0.39 is 0 Å². The summed E-state index contributed by atoms with van der Waals surface area (Å²) in [6.07, 6.45) is 1.68. The van der Waals surface area contributed by atoms with Gasteiger partial charge in [0.2, 0.25) is 0 Å². The summed E-state index contributed by atoms with van der Waals surface area (Å²) in [6.45, 7) is 5.47. The van der Waals surface area contributed by atoms with Gasteiger partial charge in [0.15, 0.2) is 0 Å². The third-order valence-corrected chi connectivity index (χ3v) is 5.32. The summed E-state index contributed by atoms with van der Waals surface area (Å²) < 4.78 is 13.2. The van der Waals surface area contributed by atoms with E-state index in [1.54, 1.807) is 12.1 Å². The molecule has 178 valence electrons. The normalized spacial score (nSPS) is 18.0. The Morgan fingerprint density at radius 1 is 1.16 bits per heavy atom. The van der Waals surface area contributed by atoms with Crippen molar-refractivity contribution in [1.82, 2.24) is 15.6 Å². The molecule has 3 atom stereocenters. The number of pyridine rings is 1. The van der Waals surface area contributed by atoms with Gasteiger partial charge in [-0.1, -0.05) is 12.1 Å². The zero-order valence-electron chi connectivity index (χ0n) is 17.6. The van der Waals surface area contributed by atoms with E-state index in [0.717, 1.165) is 55.8 Å². The van der Waals surface area contributed by atoms with Crippen LogP contribution in [0.25, 0.3) is 0 Å². The molecule has 2 aromatic rings. The van der Waals surface area contributed by atoms with Gasteiger partial charge in [0, 0.05) is 18.3 Å². The van der Waals surface area contributed by atoms with E-state index in [1.165, 1.54) is 6.07 Å². The van der Waals surface area contributed by atoms with Crippen LogP contribution in [0.4, 0.5) is 10.2 Å². The molecule has 0 aliphatic carbocycles. The highest BCUT2D eigenvalue weighted by Gasteiger charge is 2.32. The molecule has 0 radical (unpaired) electrons. The number of nitrogens with two attached hydrogens (primary N) is 2. The Hall–Kier alpha value is -0.860. The minimum atomic E-state index is -0.186. The summed E-state index contributed by atoms with van der Waals surface area (Å²) in [5.74, 6) is 1.25. The lowest BCUT2D eigenvalue weighted by Crippen LogP contribution is -2.44. The molecule has 0 spiro atoms. The molecular weight excluding hydrogens is 483 g/mol. The summed E-state index contributed by atoms with van der Waals surface area (Å²) in [6, 6.07) is 10.8. The van der Waals surface area contributed by atoms with E-state index in [-0.39, 0.29) is 61.5 Å². The lowest BCUT2D eigenvalue weighted by Gasteiger charge is -2.25. The first-order chi connectivity index (χ1) is 13.0. The first-order valence-corrected chi connectivity index (χ1v) is 9.66. The van der Waals surface area contributed by atoms with Crippen molar-refractivity contribution in [2.45, 2.75) is 25.8 Å². The molecule has 1 aliphatic heterocycles. The fraction of sp³-hybridized carbons (Fsp3) is 0.476. The van der Waals surface area contributed by atoms with Gasteiger partial charge in [0.1, 0.15) is 11.6 Å². The van der Waals surface area contributed by atoms with Gasteiger partial charge in [0.25, 0.3) is 0 Å². The minimum Gasteiger partial charge on any atom is -0.384 e. The van der Waals surface area contributed by atoms with Gasteiger partial charge in [0.05, 0.1) is 0 Å².